The van der Waals surface area contributed by atoms with Crippen LogP contribution in [-0.2, 0) is 0 Å². The zero-order valence-electron chi connectivity index (χ0n) is 9.52. The van der Waals surface area contributed by atoms with Crippen molar-refractivity contribution >= 4 is 0 Å². The lowest BCUT2D eigenvalue weighted by Gasteiger charge is -2.28. The van der Waals surface area contributed by atoms with Crippen LogP contribution < -0.4 is 5.73 Å². The summed E-state index contributed by atoms with van der Waals surface area (Å²) >= 11 is 0. The van der Waals surface area contributed by atoms with Crippen molar-refractivity contribution in [2.75, 3.05) is 0 Å². The molecular formula is C14H18N2. The van der Waals surface area contributed by atoms with E-state index in [1.807, 2.05) is 24.3 Å². The Balaban J connectivity index is 2.19. The van der Waals surface area contributed by atoms with E-state index < -0.39 is 0 Å². The maximum Gasteiger partial charge on any atom is 0.0995 e. The second-order valence-electron chi connectivity index (χ2n) is 4.62. The third kappa shape index (κ3) is 2.25. The molecule has 1 aromatic carbocycles. The third-order valence-corrected chi connectivity index (χ3v) is 3.60. The molecule has 2 rings (SSSR count). The van der Waals surface area contributed by atoms with Gasteiger partial charge in [-0.25, -0.2) is 0 Å². The molecule has 84 valence electrons. The van der Waals surface area contributed by atoms with E-state index in [0.717, 1.165) is 11.1 Å². The maximum atomic E-state index is 9.06. The number of hydrogen-bond donors (Lipinski definition) is 1. The lowest BCUT2D eigenvalue weighted by molar-refractivity contribution is 0.308. The molecule has 0 aliphatic heterocycles. The standard InChI is InChI=1S/C14H18N2/c15-10-12-8-4-5-9-13(12)14(16)11-6-2-1-3-7-11/h4-5,8-9,11,14H,1-3,6-7,16H2/t14-/m1/s1. The van der Waals surface area contributed by atoms with Crippen molar-refractivity contribution in [3.63, 3.8) is 0 Å². The summed E-state index contributed by atoms with van der Waals surface area (Å²) in [6.07, 6.45) is 6.32. The van der Waals surface area contributed by atoms with Crippen LogP contribution >= 0.6 is 0 Å². The van der Waals surface area contributed by atoms with E-state index in [-0.39, 0.29) is 6.04 Å². The van der Waals surface area contributed by atoms with E-state index in [1.165, 1.54) is 32.1 Å². The molecule has 1 aromatic rings. The van der Waals surface area contributed by atoms with Crippen LogP contribution in [-0.4, -0.2) is 0 Å². The molecule has 1 aliphatic carbocycles. The molecule has 0 saturated heterocycles. The molecule has 0 unspecified atom stereocenters. The van der Waals surface area contributed by atoms with E-state index in [2.05, 4.69) is 6.07 Å². The molecule has 0 amide bonds. The van der Waals surface area contributed by atoms with Crippen LogP contribution in [0.3, 0.4) is 0 Å². The molecule has 16 heavy (non-hydrogen) atoms. The van der Waals surface area contributed by atoms with Gasteiger partial charge in [0.25, 0.3) is 0 Å². The van der Waals surface area contributed by atoms with Gasteiger partial charge in [-0.1, -0.05) is 37.5 Å². The van der Waals surface area contributed by atoms with E-state index in [0.29, 0.717) is 5.92 Å². The van der Waals surface area contributed by atoms with Crippen LogP contribution in [0, 0.1) is 17.2 Å². The molecule has 1 saturated carbocycles. The van der Waals surface area contributed by atoms with E-state index in [9.17, 15) is 0 Å². The highest BCUT2D eigenvalue weighted by molar-refractivity contribution is 5.39. The van der Waals surface area contributed by atoms with Crippen molar-refractivity contribution in [2.45, 2.75) is 38.1 Å². The molecule has 1 fully saturated rings. The Hall–Kier alpha value is -1.33. The minimum Gasteiger partial charge on any atom is -0.324 e. The molecule has 0 radical (unpaired) electrons. The monoisotopic (exact) mass is 214 g/mol. The van der Waals surface area contributed by atoms with Crippen LogP contribution in [0.1, 0.15) is 49.3 Å². The molecule has 0 heterocycles. The Morgan fingerprint density at radius 3 is 2.56 bits per heavy atom. The highest BCUT2D eigenvalue weighted by Crippen LogP contribution is 2.33. The predicted octanol–water partition coefficient (Wildman–Crippen LogP) is 3.14. The van der Waals surface area contributed by atoms with Gasteiger partial charge in [0.1, 0.15) is 0 Å². The molecule has 1 aliphatic rings. The first-order valence-corrected chi connectivity index (χ1v) is 6.07. The molecule has 2 N–H and O–H groups in total. The zero-order valence-corrected chi connectivity index (χ0v) is 9.52. The van der Waals surface area contributed by atoms with Crippen molar-refractivity contribution in [3.05, 3.63) is 35.4 Å². The second kappa shape index (κ2) is 5.14. The van der Waals surface area contributed by atoms with Gasteiger partial charge in [-0.3, -0.25) is 0 Å². The van der Waals surface area contributed by atoms with Gasteiger partial charge in [0.15, 0.2) is 0 Å². The fourth-order valence-corrected chi connectivity index (χ4v) is 2.64. The van der Waals surface area contributed by atoms with E-state index >= 15 is 0 Å². The quantitative estimate of drug-likeness (QED) is 0.822. The largest absolute Gasteiger partial charge is 0.324 e. The normalized spacial score (nSPS) is 19.0. The molecular weight excluding hydrogens is 196 g/mol. The Labute approximate surface area is 97.1 Å². The highest BCUT2D eigenvalue weighted by Gasteiger charge is 2.23. The van der Waals surface area contributed by atoms with Gasteiger partial charge in [0.05, 0.1) is 11.6 Å². The number of hydrogen-bond acceptors (Lipinski definition) is 2. The smallest absolute Gasteiger partial charge is 0.0995 e. The highest BCUT2D eigenvalue weighted by atomic mass is 14.7. The first-order valence-electron chi connectivity index (χ1n) is 6.07. The topological polar surface area (TPSA) is 49.8 Å². The van der Waals surface area contributed by atoms with Crippen LogP contribution in [0.5, 0.6) is 0 Å². The number of nitrogens with two attached hydrogens (primary N) is 1. The fraction of sp³-hybridized carbons (Fsp3) is 0.500. The van der Waals surface area contributed by atoms with Gasteiger partial charge < -0.3 is 5.73 Å². The lowest BCUT2D eigenvalue weighted by Crippen LogP contribution is -2.24. The Kier molecular flexibility index (Phi) is 3.58. The first kappa shape index (κ1) is 11.2. The van der Waals surface area contributed by atoms with Gasteiger partial charge in [0.2, 0.25) is 0 Å². The molecule has 2 heteroatoms. The summed E-state index contributed by atoms with van der Waals surface area (Å²) in [6, 6.07) is 10.0. The van der Waals surface area contributed by atoms with Crippen LogP contribution in [0.15, 0.2) is 24.3 Å². The van der Waals surface area contributed by atoms with E-state index in [4.69, 9.17) is 11.0 Å². The number of benzene rings is 1. The van der Waals surface area contributed by atoms with Crippen molar-refractivity contribution in [3.8, 4) is 6.07 Å². The van der Waals surface area contributed by atoms with Gasteiger partial charge in [-0.15, -0.1) is 0 Å². The van der Waals surface area contributed by atoms with Crippen LogP contribution in [0.2, 0.25) is 0 Å². The maximum absolute atomic E-state index is 9.06. The van der Waals surface area contributed by atoms with Gasteiger partial charge in [0, 0.05) is 6.04 Å². The van der Waals surface area contributed by atoms with Crippen LogP contribution in [0.25, 0.3) is 0 Å². The average molecular weight is 214 g/mol. The first-order chi connectivity index (χ1) is 7.83. The Bertz CT molecular complexity index is 386. The molecule has 0 spiro atoms. The SMILES string of the molecule is N#Cc1ccccc1[C@H](N)C1CCCCC1. The van der Waals surface area contributed by atoms with Gasteiger partial charge in [-0.2, -0.15) is 5.26 Å². The second-order valence-corrected chi connectivity index (χ2v) is 4.62. The van der Waals surface area contributed by atoms with Gasteiger partial charge in [-0.05, 0) is 30.4 Å². The zero-order chi connectivity index (χ0) is 11.4. The predicted molar refractivity (Wildman–Crippen MR) is 64.7 cm³/mol. The molecule has 1 atom stereocenters. The summed E-state index contributed by atoms with van der Waals surface area (Å²) < 4.78 is 0. The Morgan fingerprint density at radius 1 is 1.19 bits per heavy atom. The summed E-state index contributed by atoms with van der Waals surface area (Å²) in [5.41, 5.74) is 8.06. The van der Waals surface area contributed by atoms with E-state index in [1.54, 1.807) is 0 Å². The summed E-state index contributed by atoms with van der Waals surface area (Å²) in [5, 5.41) is 9.06. The summed E-state index contributed by atoms with van der Waals surface area (Å²) in [6.45, 7) is 0. The number of nitrogens with zero attached hydrogens (tertiary/aromatic N) is 1. The van der Waals surface area contributed by atoms with Crippen molar-refractivity contribution in [1.82, 2.24) is 0 Å². The van der Waals surface area contributed by atoms with Crippen molar-refractivity contribution in [1.29, 1.82) is 5.26 Å². The molecule has 2 nitrogen and oxygen atoms in total. The minimum atomic E-state index is 0.0381. The Morgan fingerprint density at radius 2 is 1.88 bits per heavy atom. The summed E-state index contributed by atoms with van der Waals surface area (Å²) in [4.78, 5) is 0. The number of nitriles is 1. The lowest BCUT2D eigenvalue weighted by atomic mass is 9.80. The van der Waals surface area contributed by atoms with Crippen LogP contribution in [0.4, 0.5) is 0 Å². The fourth-order valence-electron chi connectivity index (χ4n) is 2.64. The molecule has 0 bridgehead atoms. The number of rotatable bonds is 2. The van der Waals surface area contributed by atoms with Gasteiger partial charge >= 0.3 is 0 Å². The molecule has 0 aromatic heterocycles. The van der Waals surface area contributed by atoms with Crippen molar-refractivity contribution in [2.24, 2.45) is 11.7 Å². The van der Waals surface area contributed by atoms with Crippen molar-refractivity contribution < 1.29 is 0 Å². The third-order valence-electron chi connectivity index (χ3n) is 3.60. The minimum absolute atomic E-state index is 0.0381. The summed E-state index contributed by atoms with van der Waals surface area (Å²) in [5.74, 6) is 0.559. The average Bonchev–Trinajstić information content (AvgIpc) is 2.39. The summed E-state index contributed by atoms with van der Waals surface area (Å²) in [7, 11) is 0.